The van der Waals surface area contributed by atoms with Crippen LogP contribution in [-0.2, 0) is 23.9 Å². The summed E-state index contributed by atoms with van der Waals surface area (Å²) in [6, 6.07) is 14.9. The van der Waals surface area contributed by atoms with Crippen LogP contribution >= 0.6 is 11.6 Å². The van der Waals surface area contributed by atoms with E-state index in [1.165, 1.54) is 25.3 Å². The lowest BCUT2D eigenvalue weighted by molar-refractivity contribution is -0.141. The van der Waals surface area contributed by atoms with Crippen LogP contribution < -0.4 is 0 Å². The number of aromatic nitrogens is 4. The lowest BCUT2D eigenvalue weighted by Crippen LogP contribution is -2.16. The van der Waals surface area contributed by atoms with Crippen molar-refractivity contribution in [1.29, 1.82) is 0 Å². The van der Waals surface area contributed by atoms with Gasteiger partial charge in [0.05, 0.1) is 28.3 Å². The third-order valence-corrected chi connectivity index (χ3v) is 5.53. The molecular formula is C23H17ClF4N4O. The minimum atomic E-state index is -4.72. The summed E-state index contributed by atoms with van der Waals surface area (Å²) in [4.78, 5) is 12.8. The molecule has 33 heavy (non-hydrogen) atoms. The summed E-state index contributed by atoms with van der Waals surface area (Å²) in [6.45, 7) is 0.997. The van der Waals surface area contributed by atoms with Gasteiger partial charge in [0.25, 0.3) is 0 Å². The van der Waals surface area contributed by atoms with Gasteiger partial charge in [-0.1, -0.05) is 41.9 Å². The number of alkyl halides is 3. The molecule has 0 amide bonds. The van der Waals surface area contributed by atoms with Crippen LogP contribution in [0.5, 0.6) is 0 Å². The first-order valence-electron chi connectivity index (χ1n) is 9.85. The number of rotatable bonds is 6. The second kappa shape index (κ2) is 8.82. The van der Waals surface area contributed by atoms with Gasteiger partial charge < -0.3 is 0 Å². The second-order valence-corrected chi connectivity index (χ2v) is 7.77. The first-order valence-corrected chi connectivity index (χ1v) is 10.2. The molecule has 0 aliphatic carbocycles. The number of hydrogen-bond donors (Lipinski definition) is 0. The van der Waals surface area contributed by atoms with E-state index in [4.69, 9.17) is 11.6 Å². The van der Waals surface area contributed by atoms with Gasteiger partial charge in [-0.3, -0.25) is 9.48 Å². The molecule has 5 nitrogen and oxygen atoms in total. The number of benzene rings is 2. The van der Waals surface area contributed by atoms with Gasteiger partial charge in [0.2, 0.25) is 0 Å². The predicted octanol–water partition coefficient (Wildman–Crippen LogP) is 5.67. The maximum atomic E-state index is 13.4. The van der Waals surface area contributed by atoms with Gasteiger partial charge in [-0.2, -0.15) is 23.4 Å². The zero-order valence-corrected chi connectivity index (χ0v) is 18.0. The van der Waals surface area contributed by atoms with Crippen LogP contribution in [0.4, 0.5) is 17.6 Å². The van der Waals surface area contributed by atoms with E-state index >= 15 is 0 Å². The standard InChI is InChI=1S/C23H17ClF4N4O/c1-14-20(24)22(23(26,27)28)30-31(14)13-19(33)11-16-12-29-32(18-9-7-17(25)8-10-18)21(16)15-5-3-2-4-6-15/h2-10,12H,11,13H2,1H3. The third kappa shape index (κ3) is 4.68. The average molecular weight is 477 g/mol. The van der Waals surface area contributed by atoms with Gasteiger partial charge in [-0.05, 0) is 31.2 Å². The van der Waals surface area contributed by atoms with Crippen molar-refractivity contribution in [2.24, 2.45) is 0 Å². The normalized spacial score (nSPS) is 11.7. The fraction of sp³-hybridized carbons (Fsp3) is 0.174. The SMILES string of the molecule is Cc1c(Cl)c(C(F)(F)F)nn1CC(=O)Cc1cnn(-c2ccc(F)cc2)c1-c1ccccc1. The minimum Gasteiger partial charge on any atom is -0.297 e. The number of Topliss-reactive ketones (excluding diaryl/α,β-unsaturated/α-hetero) is 1. The molecule has 0 aliphatic rings. The first kappa shape index (κ1) is 22.7. The molecule has 170 valence electrons. The molecule has 2 heterocycles. The third-order valence-electron chi connectivity index (χ3n) is 5.08. The number of carbonyl (C=O) groups excluding carboxylic acids is 1. The van der Waals surface area contributed by atoms with Gasteiger partial charge in [-0.15, -0.1) is 0 Å². The maximum Gasteiger partial charge on any atom is 0.436 e. The molecule has 0 spiro atoms. The van der Waals surface area contributed by atoms with Crippen molar-refractivity contribution in [3.8, 4) is 16.9 Å². The number of hydrogen-bond acceptors (Lipinski definition) is 3. The van der Waals surface area contributed by atoms with Crippen LogP contribution in [0.2, 0.25) is 5.02 Å². The average Bonchev–Trinajstić information content (AvgIpc) is 3.31. The second-order valence-electron chi connectivity index (χ2n) is 7.39. The molecule has 10 heteroatoms. The summed E-state index contributed by atoms with van der Waals surface area (Å²) >= 11 is 5.78. The fourth-order valence-electron chi connectivity index (χ4n) is 3.49. The first-order chi connectivity index (χ1) is 15.6. The smallest absolute Gasteiger partial charge is 0.297 e. The van der Waals surface area contributed by atoms with Gasteiger partial charge in [-0.25, -0.2) is 9.07 Å². The molecule has 0 atom stereocenters. The molecule has 4 rings (SSSR count). The fourth-order valence-corrected chi connectivity index (χ4v) is 3.73. The summed E-state index contributed by atoms with van der Waals surface area (Å²) in [5, 5.41) is 7.33. The molecule has 0 bridgehead atoms. The summed E-state index contributed by atoms with van der Waals surface area (Å²) in [5.41, 5.74) is 1.41. The van der Waals surface area contributed by atoms with Crippen LogP contribution in [0, 0.1) is 12.7 Å². The zero-order chi connectivity index (χ0) is 23.8. The molecule has 0 fully saturated rings. The van der Waals surface area contributed by atoms with E-state index in [1.807, 2.05) is 30.3 Å². The summed E-state index contributed by atoms with van der Waals surface area (Å²) in [7, 11) is 0. The Hall–Kier alpha value is -3.46. The van der Waals surface area contributed by atoms with Crippen molar-refractivity contribution >= 4 is 17.4 Å². The zero-order valence-electron chi connectivity index (χ0n) is 17.3. The van der Waals surface area contributed by atoms with Crippen LogP contribution in [-0.4, -0.2) is 25.3 Å². The van der Waals surface area contributed by atoms with Crippen LogP contribution in [0.15, 0.2) is 60.8 Å². The van der Waals surface area contributed by atoms with E-state index in [1.54, 1.807) is 16.8 Å². The highest BCUT2D eigenvalue weighted by atomic mass is 35.5. The highest BCUT2D eigenvalue weighted by molar-refractivity contribution is 6.32. The van der Waals surface area contributed by atoms with E-state index in [2.05, 4.69) is 10.2 Å². The molecule has 0 N–H and O–H groups in total. The Morgan fingerprint density at radius 2 is 1.73 bits per heavy atom. The van der Waals surface area contributed by atoms with Crippen molar-refractivity contribution in [2.75, 3.05) is 0 Å². The van der Waals surface area contributed by atoms with E-state index in [0.29, 0.717) is 16.9 Å². The van der Waals surface area contributed by atoms with Crippen molar-refractivity contribution in [3.05, 3.63) is 88.6 Å². The van der Waals surface area contributed by atoms with E-state index < -0.39 is 22.7 Å². The molecule has 0 saturated heterocycles. The van der Waals surface area contributed by atoms with Crippen molar-refractivity contribution in [1.82, 2.24) is 19.6 Å². The Balaban J connectivity index is 1.66. The van der Waals surface area contributed by atoms with Gasteiger partial charge in [0.1, 0.15) is 12.4 Å². The number of ketones is 1. The van der Waals surface area contributed by atoms with Crippen LogP contribution in [0.25, 0.3) is 16.9 Å². The molecule has 0 radical (unpaired) electrons. The van der Waals surface area contributed by atoms with E-state index in [9.17, 15) is 22.4 Å². The molecule has 2 aromatic carbocycles. The van der Waals surface area contributed by atoms with E-state index in [0.717, 1.165) is 10.2 Å². The van der Waals surface area contributed by atoms with Crippen LogP contribution in [0.3, 0.4) is 0 Å². The number of halogens is 5. The molecule has 0 saturated carbocycles. The van der Waals surface area contributed by atoms with Gasteiger partial charge in [0, 0.05) is 17.5 Å². The van der Waals surface area contributed by atoms with Crippen LogP contribution in [0.1, 0.15) is 17.0 Å². The Morgan fingerprint density at radius 1 is 1.06 bits per heavy atom. The van der Waals surface area contributed by atoms with Crippen molar-refractivity contribution < 1.29 is 22.4 Å². The number of nitrogens with zero attached hydrogens (tertiary/aromatic N) is 4. The maximum absolute atomic E-state index is 13.4. The molecule has 2 aromatic heterocycles. The minimum absolute atomic E-state index is 0.0580. The van der Waals surface area contributed by atoms with Crippen molar-refractivity contribution in [2.45, 2.75) is 26.1 Å². The molecule has 4 aromatic rings. The van der Waals surface area contributed by atoms with Gasteiger partial charge >= 0.3 is 6.18 Å². The Bertz CT molecular complexity index is 1290. The molecule has 0 unspecified atom stereocenters. The van der Waals surface area contributed by atoms with Gasteiger partial charge in [0.15, 0.2) is 11.5 Å². The molecule has 0 aliphatic heterocycles. The Kier molecular flexibility index (Phi) is 6.07. The highest BCUT2D eigenvalue weighted by Gasteiger charge is 2.38. The topological polar surface area (TPSA) is 52.7 Å². The van der Waals surface area contributed by atoms with Crippen molar-refractivity contribution in [3.63, 3.8) is 0 Å². The Labute approximate surface area is 191 Å². The summed E-state index contributed by atoms with van der Waals surface area (Å²) in [5.74, 6) is -0.768. The Morgan fingerprint density at radius 3 is 2.33 bits per heavy atom. The predicted molar refractivity (Wildman–Crippen MR) is 115 cm³/mol. The highest BCUT2D eigenvalue weighted by Crippen LogP contribution is 2.35. The summed E-state index contributed by atoms with van der Waals surface area (Å²) in [6.07, 6.45) is -3.29. The quantitative estimate of drug-likeness (QED) is 0.337. The lowest BCUT2D eigenvalue weighted by atomic mass is 10.0. The monoisotopic (exact) mass is 476 g/mol. The largest absolute Gasteiger partial charge is 0.436 e. The molecular weight excluding hydrogens is 460 g/mol. The van der Waals surface area contributed by atoms with E-state index in [-0.39, 0.29) is 24.4 Å². The summed E-state index contributed by atoms with van der Waals surface area (Å²) < 4.78 is 55.2. The lowest BCUT2D eigenvalue weighted by Gasteiger charge is -2.10. The number of carbonyl (C=O) groups is 1.